The smallest absolute Gasteiger partial charge is 0.253 e. The second-order valence-corrected chi connectivity index (χ2v) is 10.1. The number of carbonyl (C=O) groups excluding carboxylic acids is 1. The number of hydrogen-bond donors (Lipinski definition) is 3. The molecule has 1 amide bonds. The van der Waals surface area contributed by atoms with E-state index in [2.05, 4.69) is 33.4 Å². The van der Waals surface area contributed by atoms with Gasteiger partial charge >= 0.3 is 0 Å². The average Bonchev–Trinajstić information content (AvgIpc) is 3.31. The van der Waals surface area contributed by atoms with Crippen LogP contribution in [0.2, 0.25) is 0 Å². The molecule has 0 bridgehead atoms. The number of aliphatic hydroxyl groups is 2. The lowest BCUT2D eigenvalue weighted by Crippen LogP contribution is -2.49. The van der Waals surface area contributed by atoms with Crippen LogP contribution >= 0.6 is 11.3 Å². The lowest BCUT2D eigenvalue weighted by Gasteiger charge is -2.35. The van der Waals surface area contributed by atoms with Gasteiger partial charge in [-0.15, -0.1) is 11.3 Å². The van der Waals surface area contributed by atoms with E-state index in [9.17, 15) is 9.90 Å². The Hall–Kier alpha value is -3.53. The Morgan fingerprint density at radius 1 is 1.03 bits per heavy atom. The van der Waals surface area contributed by atoms with Crippen LogP contribution in [0.25, 0.3) is 21.3 Å². The number of amides is 1. The summed E-state index contributed by atoms with van der Waals surface area (Å²) in [4.78, 5) is 28.6. The zero-order valence-corrected chi connectivity index (χ0v) is 20.9. The molecule has 8 nitrogen and oxygen atoms in total. The molecule has 1 aliphatic heterocycles. The van der Waals surface area contributed by atoms with Crippen molar-refractivity contribution in [2.75, 3.05) is 49.5 Å². The van der Waals surface area contributed by atoms with E-state index in [0.29, 0.717) is 37.7 Å². The van der Waals surface area contributed by atoms with Crippen molar-refractivity contribution in [3.05, 3.63) is 71.1 Å². The highest BCUT2D eigenvalue weighted by Gasteiger charge is 2.25. The van der Waals surface area contributed by atoms with E-state index in [1.54, 1.807) is 11.3 Å². The van der Waals surface area contributed by atoms with Crippen LogP contribution in [-0.4, -0.2) is 76.4 Å². The fourth-order valence-electron chi connectivity index (χ4n) is 4.36. The number of benzene rings is 2. The number of rotatable bonds is 7. The van der Waals surface area contributed by atoms with Gasteiger partial charge in [0.25, 0.3) is 5.91 Å². The van der Waals surface area contributed by atoms with E-state index in [-0.39, 0.29) is 19.1 Å². The fraction of sp³-hybridized carbons (Fsp3) is 0.296. The van der Waals surface area contributed by atoms with Gasteiger partial charge < -0.3 is 25.3 Å². The molecule has 0 radical (unpaired) electrons. The minimum absolute atomic E-state index is 0.0359. The number of nitrogens with zero attached hydrogens (tertiary/aromatic N) is 4. The summed E-state index contributed by atoms with van der Waals surface area (Å²) in [5.41, 5.74) is 2.91. The molecule has 186 valence electrons. The number of nitrogens with one attached hydrogen (secondary N) is 1. The van der Waals surface area contributed by atoms with Gasteiger partial charge in [-0.25, -0.2) is 4.98 Å². The summed E-state index contributed by atoms with van der Waals surface area (Å²) >= 11 is 1.59. The van der Waals surface area contributed by atoms with Crippen LogP contribution in [0, 0.1) is 6.92 Å². The van der Waals surface area contributed by atoms with E-state index in [4.69, 9.17) is 10.1 Å². The van der Waals surface area contributed by atoms with Gasteiger partial charge in [0.15, 0.2) is 0 Å². The van der Waals surface area contributed by atoms with Crippen LogP contribution in [0.5, 0.6) is 0 Å². The zero-order chi connectivity index (χ0) is 25.1. The monoisotopic (exact) mass is 503 g/mol. The first-order valence-corrected chi connectivity index (χ1v) is 12.8. The van der Waals surface area contributed by atoms with Crippen molar-refractivity contribution in [2.45, 2.75) is 13.0 Å². The summed E-state index contributed by atoms with van der Waals surface area (Å²) in [5, 5.41) is 22.8. The number of aliphatic hydroxyl groups excluding tert-OH is 2. The number of anilines is 2. The van der Waals surface area contributed by atoms with E-state index in [0.717, 1.165) is 32.0 Å². The van der Waals surface area contributed by atoms with Crippen molar-refractivity contribution in [3.63, 3.8) is 0 Å². The molecule has 4 aromatic rings. The fourth-order valence-corrected chi connectivity index (χ4v) is 5.23. The molecule has 1 saturated heterocycles. The summed E-state index contributed by atoms with van der Waals surface area (Å²) in [7, 11) is 0. The molecule has 1 aliphatic rings. The number of carbonyl (C=O) groups is 1. The maximum Gasteiger partial charge on any atom is 0.253 e. The first kappa shape index (κ1) is 24.2. The van der Waals surface area contributed by atoms with Crippen LogP contribution in [0.3, 0.4) is 0 Å². The van der Waals surface area contributed by atoms with E-state index < -0.39 is 6.10 Å². The molecule has 0 unspecified atom stereocenters. The molecular formula is C27H29N5O3S. The van der Waals surface area contributed by atoms with Crippen LogP contribution in [0.1, 0.15) is 15.2 Å². The average molecular weight is 504 g/mol. The molecule has 2 aromatic carbocycles. The van der Waals surface area contributed by atoms with E-state index in [1.807, 2.05) is 54.3 Å². The first-order valence-electron chi connectivity index (χ1n) is 12.0. The standard InChI is InChI=1S/C27H29N5O3S/c1-18-15-23-24(29-27(30-25(23)36-18)28-16-22(34)17-33)31-11-13-32(14-12-31)26(35)21-9-7-20(8-10-21)19-5-3-2-4-6-19/h2-10,15,22,33-34H,11-14,16-17H2,1H3,(H,28,29,30)/t22-/m1/s1. The number of fused-ring (bicyclic) bond motifs is 1. The highest BCUT2D eigenvalue weighted by molar-refractivity contribution is 7.18. The number of aromatic nitrogens is 2. The van der Waals surface area contributed by atoms with Crippen LogP contribution in [0.4, 0.5) is 11.8 Å². The van der Waals surface area contributed by atoms with E-state index >= 15 is 0 Å². The molecule has 2 aromatic heterocycles. The lowest BCUT2D eigenvalue weighted by molar-refractivity contribution is 0.0746. The topological polar surface area (TPSA) is 102 Å². The Balaban J connectivity index is 1.28. The quantitative estimate of drug-likeness (QED) is 0.355. The van der Waals surface area contributed by atoms with Crippen molar-refractivity contribution in [1.29, 1.82) is 0 Å². The summed E-state index contributed by atoms with van der Waals surface area (Å²) in [5.74, 6) is 1.28. The molecule has 0 aliphatic carbocycles. The van der Waals surface area contributed by atoms with Gasteiger partial charge in [0.1, 0.15) is 10.6 Å². The molecule has 3 N–H and O–H groups in total. The summed E-state index contributed by atoms with van der Waals surface area (Å²) < 4.78 is 0. The second kappa shape index (κ2) is 10.6. The number of aryl methyl sites for hydroxylation is 1. The van der Waals surface area contributed by atoms with Gasteiger partial charge in [-0.2, -0.15) is 4.98 Å². The Morgan fingerprint density at radius 3 is 2.42 bits per heavy atom. The van der Waals surface area contributed by atoms with Gasteiger partial charge in [0, 0.05) is 43.2 Å². The molecule has 9 heteroatoms. The molecule has 3 heterocycles. The normalized spacial score (nSPS) is 14.8. The Kier molecular flexibility index (Phi) is 7.13. The van der Waals surface area contributed by atoms with Crippen molar-refractivity contribution < 1.29 is 15.0 Å². The maximum atomic E-state index is 13.2. The van der Waals surface area contributed by atoms with Crippen LogP contribution in [-0.2, 0) is 0 Å². The third kappa shape index (κ3) is 5.18. The van der Waals surface area contributed by atoms with Crippen LogP contribution in [0.15, 0.2) is 60.7 Å². The third-order valence-electron chi connectivity index (χ3n) is 6.31. The highest BCUT2D eigenvalue weighted by Crippen LogP contribution is 2.32. The number of piperazine rings is 1. The molecule has 1 fully saturated rings. The molecule has 0 saturated carbocycles. The molecule has 0 spiro atoms. The number of hydrogen-bond acceptors (Lipinski definition) is 8. The third-order valence-corrected chi connectivity index (χ3v) is 7.25. The van der Waals surface area contributed by atoms with Gasteiger partial charge in [0.2, 0.25) is 5.95 Å². The van der Waals surface area contributed by atoms with Gasteiger partial charge in [-0.1, -0.05) is 42.5 Å². The van der Waals surface area contributed by atoms with Crippen LogP contribution < -0.4 is 10.2 Å². The predicted octanol–water partition coefficient (Wildman–Crippen LogP) is 3.39. The largest absolute Gasteiger partial charge is 0.394 e. The van der Waals surface area contributed by atoms with Crippen molar-refractivity contribution in [2.24, 2.45) is 0 Å². The predicted molar refractivity (Wildman–Crippen MR) is 144 cm³/mol. The Morgan fingerprint density at radius 2 is 1.72 bits per heavy atom. The van der Waals surface area contributed by atoms with Crippen molar-refractivity contribution in [3.8, 4) is 11.1 Å². The maximum absolute atomic E-state index is 13.2. The van der Waals surface area contributed by atoms with E-state index in [1.165, 1.54) is 0 Å². The second-order valence-electron chi connectivity index (χ2n) is 8.89. The molecular weight excluding hydrogens is 474 g/mol. The summed E-state index contributed by atoms with van der Waals surface area (Å²) in [6.45, 7) is 4.39. The van der Waals surface area contributed by atoms with Gasteiger partial charge in [-0.05, 0) is 36.2 Å². The SMILES string of the molecule is Cc1cc2c(N3CCN(C(=O)c4ccc(-c5ccccc5)cc4)CC3)nc(NC[C@@H](O)CO)nc2s1. The summed E-state index contributed by atoms with van der Waals surface area (Å²) in [6, 6.07) is 20.0. The first-order chi connectivity index (χ1) is 17.5. The summed E-state index contributed by atoms with van der Waals surface area (Å²) in [6.07, 6.45) is -0.880. The van der Waals surface area contributed by atoms with Gasteiger partial charge in [-0.3, -0.25) is 4.79 Å². The van der Waals surface area contributed by atoms with Crippen molar-refractivity contribution >= 4 is 39.2 Å². The van der Waals surface area contributed by atoms with Crippen molar-refractivity contribution in [1.82, 2.24) is 14.9 Å². The molecule has 36 heavy (non-hydrogen) atoms. The Bertz CT molecular complexity index is 1340. The Labute approximate surface area is 213 Å². The zero-order valence-electron chi connectivity index (χ0n) is 20.1. The van der Waals surface area contributed by atoms with Gasteiger partial charge in [0.05, 0.1) is 18.1 Å². The molecule has 5 rings (SSSR count). The minimum Gasteiger partial charge on any atom is -0.394 e. The minimum atomic E-state index is -0.880. The molecule has 1 atom stereocenters. The highest BCUT2D eigenvalue weighted by atomic mass is 32.1. The lowest BCUT2D eigenvalue weighted by atomic mass is 10.0. The number of thiophene rings is 1.